The van der Waals surface area contributed by atoms with Gasteiger partial charge in [0.25, 0.3) is 0 Å². The second kappa shape index (κ2) is 6.84. The lowest BCUT2D eigenvalue weighted by molar-refractivity contribution is -0.117. The van der Waals surface area contributed by atoms with Gasteiger partial charge in [0.2, 0.25) is 5.91 Å². The number of rotatable bonds is 5. The number of hydrogen-bond acceptors (Lipinski definition) is 1. The van der Waals surface area contributed by atoms with Crippen LogP contribution in [0.15, 0.2) is 35.3 Å². The first kappa shape index (κ1) is 13.4. The van der Waals surface area contributed by atoms with Crippen molar-refractivity contribution in [1.29, 1.82) is 0 Å². The van der Waals surface area contributed by atoms with Crippen LogP contribution in [0.2, 0.25) is 0 Å². The van der Waals surface area contributed by atoms with E-state index in [2.05, 4.69) is 18.8 Å². The molecule has 2 N–H and O–H groups in total. The third kappa shape index (κ3) is 5.29. The summed E-state index contributed by atoms with van der Waals surface area (Å²) in [7, 11) is 0. The molecule has 3 heteroatoms. The highest BCUT2D eigenvalue weighted by atomic mass is 16.1. The first-order valence-corrected chi connectivity index (χ1v) is 6.02. The van der Waals surface area contributed by atoms with Crippen LogP contribution in [-0.4, -0.2) is 11.7 Å². The molecule has 0 aliphatic rings. The topological polar surface area (TPSA) is 55.5 Å². The van der Waals surface area contributed by atoms with Gasteiger partial charge in [-0.05, 0) is 12.3 Å². The Bertz CT molecular complexity index is 382. The van der Waals surface area contributed by atoms with E-state index in [9.17, 15) is 4.79 Å². The maximum absolute atomic E-state index is 11.5. The average Bonchev–Trinajstić information content (AvgIpc) is 2.29. The van der Waals surface area contributed by atoms with Crippen molar-refractivity contribution < 1.29 is 4.79 Å². The van der Waals surface area contributed by atoms with Crippen molar-refractivity contribution in [2.24, 2.45) is 16.6 Å². The highest BCUT2D eigenvalue weighted by molar-refractivity contribution is 6.03. The van der Waals surface area contributed by atoms with Crippen LogP contribution in [0, 0.1) is 5.92 Å². The number of nitrogens with zero attached hydrogens (tertiary/aromatic N) is 1. The number of carbonyl (C=O) groups is 1. The molecule has 1 amide bonds. The van der Waals surface area contributed by atoms with E-state index in [1.165, 1.54) is 0 Å². The maximum atomic E-state index is 11.5. The number of amidine groups is 1. The molecule has 0 aliphatic carbocycles. The molecule has 0 saturated heterocycles. The summed E-state index contributed by atoms with van der Waals surface area (Å²) in [4.78, 5) is 15.4. The van der Waals surface area contributed by atoms with E-state index in [1.54, 1.807) is 0 Å². The molecule has 0 unspecified atom stereocenters. The smallest absolute Gasteiger partial charge is 0.247 e. The Morgan fingerprint density at radius 1 is 1.29 bits per heavy atom. The molecule has 0 radical (unpaired) electrons. The van der Waals surface area contributed by atoms with Gasteiger partial charge in [-0.15, -0.1) is 0 Å². The molecule has 1 aromatic rings. The number of aliphatic imine (C=N–C) groups is 1. The summed E-state index contributed by atoms with van der Waals surface area (Å²) in [6.45, 7) is 4.29. The molecule has 92 valence electrons. The van der Waals surface area contributed by atoms with Crippen LogP contribution < -0.4 is 5.73 Å². The first-order valence-electron chi connectivity index (χ1n) is 6.02. The molecule has 0 heterocycles. The highest BCUT2D eigenvalue weighted by Crippen LogP contribution is 2.07. The van der Waals surface area contributed by atoms with Crippen molar-refractivity contribution in [1.82, 2.24) is 0 Å². The molecular weight excluding hydrogens is 212 g/mol. The second-order valence-electron chi connectivity index (χ2n) is 4.54. The lowest BCUT2D eigenvalue weighted by Crippen LogP contribution is -2.15. The van der Waals surface area contributed by atoms with E-state index in [-0.39, 0.29) is 5.91 Å². The van der Waals surface area contributed by atoms with Gasteiger partial charge in [0.15, 0.2) is 0 Å². The number of amides is 1. The highest BCUT2D eigenvalue weighted by Gasteiger charge is 2.03. The Labute approximate surface area is 103 Å². The van der Waals surface area contributed by atoms with Gasteiger partial charge in [-0.2, -0.15) is 4.99 Å². The second-order valence-corrected chi connectivity index (χ2v) is 4.54. The first-order chi connectivity index (χ1) is 8.09. The Kier molecular flexibility index (Phi) is 5.40. The Morgan fingerprint density at radius 3 is 2.53 bits per heavy atom. The van der Waals surface area contributed by atoms with Crippen LogP contribution >= 0.6 is 0 Å². The summed E-state index contributed by atoms with van der Waals surface area (Å²) in [6, 6.07) is 9.35. The van der Waals surface area contributed by atoms with Crippen molar-refractivity contribution in [3.8, 4) is 0 Å². The van der Waals surface area contributed by atoms with Crippen LogP contribution in [0.1, 0.15) is 38.7 Å². The molecule has 1 aromatic carbocycles. The molecule has 0 atom stereocenters. The van der Waals surface area contributed by atoms with Crippen LogP contribution in [0.3, 0.4) is 0 Å². The van der Waals surface area contributed by atoms with E-state index in [0.717, 1.165) is 18.4 Å². The van der Waals surface area contributed by atoms with Crippen LogP contribution in [0.25, 0.3) is 0 Å². The fraction of sp³-hybridized carbons (Fsp3) is 0.429. The zero-order valence-electron chi connectivity index (χ0n) is 10.5. The molecular formula is C14H20N2O. The molecule has 0 fully saturated rings. The Hall–Kier alpha value is -1.64. The van der Waals surface area contributed by atoms with Gasteiger partial charge in [0.05, 0.1) is 0 Å². The minimum Gasteiger partial charge on any atom is -0.383 e. The van der Waals surface area contributed by atoms with Crippen LogP contribution in [0.4, 0.5) is 0 Å². The van der Waals surface area contributed by atoms with E-state index in [0.29, 0.717) is 18.2 Å². The fourth-order valence-corrected chi connectivity index (χ4v) is 1.53. The van der Waals surface area contributed by atoms with Crippen molar-refractivity contribution in [2.75, 3.05) is 0 Å². The van der Waals surface area contributed by atoms with E-state index >= 15 is 0 Å². The summed E-state index contributed by atoms with van der Waals surface area (Å²) >= 11 is 0. The lowest BCUT2D eigenvalue weighted by atomic mass is 10.1. The van der Waals surface area contributed by atoms with Gasteiger partial charge in [0, 0.05) is 12.0 Å². The number of benzene rings is 1. The average molecular weight is 232 g/mol. The number of hydrogen-bond donors (Lipinski definition) is 1. The molecule has 0 spiro atoms. The molecule has 0 saturated carbocycles. The zero-order chi connectivity index (χ0) is 12.7. The Balaban J connectivity index is 2.49. The zero-order valence-corrected chi connectivity index (χ0v) is 10.5. The van der Waals surface area contributed by atoms with Gasteiger partial charge in [-0.25, -0.2) is 0 Å². The molecule has 1 rings (SSSR count). The largest absolute Gasteiger partial charge is 0.383 e. The molecule has 3 nitrogen and oxygen atoms in total. The monoisotopic (exact) mass is 232 g/mol. The lowest BCUT2D eigenvalue weighted by Gasteiger charge is -2.02. The number of nitrogens with two attached hydrogens (primary N) is 1. The van der Waals surface area contributed by atoms with Crippen molar-refractivity contribution in [3.05, 3.63) is 35.9 Å². The normalized spacial score (nSPS) is 11.8. The van der Waals surface area contributed by atoms with Gasteiger partial charge in [0.1, 0.15) is 5.84 Å². The summed E-state index contributed by atoms with van der Waals surface area (Å²) in [5.74, 6) is 0.797. The maximum Gasteiger partial charge on any atom is 0.247 e. The Morgan fingerprint density at radius 2 is 1.94 bits per heavy atom. The molecule has 0 aliphatic heterocycles. The number of carbonyl (C=O) groups excluding carboxylic acids is 1. The van der Waals surface area contributed by atoms with Crippen LogP contribution in [0.5, 0.6) is 0 Å². The SMILES string of the molecule is CC(C)CCCC(=O)N=C(N)c1ccccc1. The fourth-order valence-electron chi connectivity index (χ4n) is 1.53. The third-order valence-electron chi connectivity index (χ3n) is 2.49. The van der Waals surface area contributed by atoms with Gasteiger partial charge in [-0.3, -0.25) is 4.79 Å². The predicted octanol–water partition coefficient (Wildman–Crippen LogP) is 2.74. The minimum atomic E-state index is -0.132. The van der Waals surface area contributed by atoms with Gasteiger partial charge in [-0.1, -0.05) is 50.6 Å². The minimum absolute atomic E-state index is 0.132. The van der Waals surface area contributed by atoms with E-state index < -0.39 is 0 Å². The summed E-state index contributed by atoms with van der Waals surface area (Å²) in [5.41, 5.74) is 6.55. The van der Waals surface area contributed by atoms with Crippen molar-refractivity contribution in [3.63, 3.8) is 0 Å². The van der Waals surface area contributed by atoms with Gasteiger partial charge >= 0.3 is 0 Å². The summed E-state index contributed by atoms with van der Waals surface area (Å²) in [5, 5.41) is 0. The molecule has 0 aromatic heterocycles. The summed E-state index contributed by atoms with van der Waals surface area (Å²) < 4.78 is 0. The molecule has 17 heavy (non-hydrogen) atoms. The third-order valence-corrected chi connectivity index (χ3v) is 2.49. The van der Waals surface area contributed by atoms with Crippen molar-refractivity contribution >= 4 is 11.7 Å². The van der Waals surface area contributed by atoms with E-state index in [4.69, 9.17) is 5.73 Å². The van der Waals surface area contributed by atoms with Crippen molar-refractivity contribution in [2.45, 2.75) is 33.1 Å². The van der Waals surface area contributed by atoms with Gasteiger partial charge < -0.3 is 5.73 Å². The standard InChI is InChI=1S/C14H20N2O/c1-11(2)7-6-10-13(17)16-14(15)12-8-4-3-5-9-12/h3-5,8-9,11H,6-7,10H2,1-2H3,(H2,15,16,17). The predicted molar refractivity (Wildman–Crippen MR) is 70.9 cm³/mol. The molecule has 0 bridgehead atoms. The van der Waals surface area contributed by atoms with E-state index in [1.807, 2.05) is 30.3 Å². The van der Waals surface area contributed by atoms with Crippen LogP contribution in [-0.2, 0) is 4.79 Å². The summed E-state index contributed by atoms with van der Waals surface area (Å²) in [6.07, 6.45) is 2.40. The quantitative estimate of drug-likeness (QED) is 0.627.